The van der Waals surface area contributed by atoms with Gasteiger partial charge in [-0.2, -0.15) is 5.10 Å². The summed E-state index contributed by atoms with van der Waals surface area (Å²) in [6.45, 7) is 4.52. The van der Waals surface area contributed by atoms with Crippen LogP contribution in [0.1, 0.15) is 35.2 Å². The predicted molar refractivity (Wildman–Crippen MR) is 116 cm³/mol. The average molecular weight is 427 g/mol. The smallest absolute Gasteiger partial charge is 0.227 e. The summed E-state index contributed by atoms with van der Waals surface area (Å²) >= 11 is 6.55. The number of halogens is 2. The minimum absolute atomic E-state index is 0.198. The lowest BCUT2D eigenvalue weighted by Crippen LogP contribution is -2.23. The monoisotopic (exact) mass is 426 g/mol. The second kappa shape index (κ2) is 8.98. The largest absolute Gasteiger partial charge is 0.312 e. The zero-order chi connectivity index (χ0) is 21.1. The number of benzene rings is 2. The molecule has 0 bridgehead atoms. The van der Waals surface area contributed by atoms with E-state index in [9.17, 15) is 9.18 Å². The highest BCUT2D eigenvalue weighted by molar-refractivity contribution is 6.30. The van der Waals surface area contributed by atoms with Gasteiger partial charge in [0.25, 0.3) is 0 Å². The van der Waals surface area contributed by atoms with E-state index in [0.717, 1.165) is 41.0 Å². The van der Waals surface area contributed by atoms with Crippen LogP contribution < -0.4 is 10.2 Å². The van der Waals surface area contributed by atoms with E-state index in [1.165, 1.54) is 12.1 Å². The van der Waals surface area contributed by atoms with Crippen LogP contribution in [-0.2, 0) is 24.4 Å². The molecule has 1 amide bonds. The summed E-state index contributed by atoms with van der Waals surface area (Å²) in [6.07, 6.45) is 1.56. The van der Waals surface area contributed by atoms with E-state index in [2.05, 4.69) is 10.4 Å². The molecule has 0 radical (unpaired) electrons. The Morgan fingerprint density at radius 1 is 1.07 bits per heavy atom. The molecular formula is C23H24ClFN4O. The van der Waals surface area contributed by atoms with Crippen molar-refractivity contribution in [1.82, 2.24) is 15.1 Å². The summed E-state index contributed by atoms with van der Waals surface area (Å²) in [5.41, 5.74) is 4.87. The fourth-order valence-electron chi connectivity index (χ4n) is 3.71. The minimum atomic E-state index is -0.258. The molecule has 0 saturated carbocycles. The number of nitrogens with zero attached hydrogens (tertiary/aromatic N) is 3. The summed E-state index contributed by atoms with van der Waals surface area (Å²) in [5.74, 6) is -0.0601. The number of carbonyl (C=O) groups excluding carboxylic acids is 1. The lowest BCUT2D eigenvalue weighted by atomic mass is 10.2. The Labute approximate surface area is 180 Å². The molecule has 0 atom stereocenters. The van der Waals surface area contributed by atoms with Crippen molar-refractivity contribution in [2.75, 3.05) is 11.4 Å². The van der Waals surface area contributed by atoms with Gasteiger partial charge in [-0.1, -0.05) is 35.9 Å². The summed E-state index contributed by atoms with van der Waals surface area (Å²) in [5, 5.41) is 8.53. The van der Waals surface area contributed by atoms with Gasteiger partial charge in [0.2, 0.25) is 5.91 Å². The third-order valence-corrected chi connectivity index (χ3v) is 5.80. The third kappa shape index (κ3) is 4.55. The van der Waals surface area contributed by atoms with E-state index < -0.39 is 0 Å². The van der Waals surface area contributed by atoms with Gasteiger partial charge in [0.1, 0.15) is 11.0 Å². The lowest BCUT2D eigenvalue weighted by molar-refractivity contribution is -0.117. The molecule has 7 heteroatoms. The molecule has 4 rings (SSSR count). The number of carbonyl (C=O) groups is 1. The zero-order valence-corrected chi connectivity index (χ0v) is 17.6. The molecule has 1 saturated heterocycles. The van der Waals surface area contributed by atoms with E-state index in [1.807, 2.05) is 36.1 Å². The maximum absolute atomic E-state index is 13.1. The van der Waals surface area contributed by atoms with Crippen molar-refractivity contribution in [3.8, 4) is 0 Å². The van der Waals surface area contributed by atoms with Crippen LogP contribution in [-0.4, -0.2) is 22.2 Å². The van der Waals surface area contributed by atoms with Gasteiger partial charge in [-0.25, -0.2) is 9.07 Å². The lowest BCUT2D eigenvalue weighted by Gasteiger charge is -2.16. The fourth-order valence-corrected chi connectivity index (χ4v) is 4.01. The SMILES string of the molecule is Cc1nn(Cc2ccc(F)cc2)c(Cl)c1CNCc1ccc(N2CCCC2=O)cc1. The molecule has 0 aliphatic carbocycles. The fraction of sp³-hybridized carbons (Fsp3) is 0.304. The number of aromatic nitrogens is 2. The molecule has 0 unspecified atom stereocenters. The minimum Gasteiger partial charge on any atom is -0.312 e. The van der Waals surface area contributed by atoms with Crippen molar-refractivity contribution in [2.45, 2.75) is 39.4 Å². The van der Waals surface area contributed by atoms with Crippen LogP contribution in [0.5, 0.6) is 0 Å². The second-order valence-corrected chi connectivity index (χ2v) is 7.92. The van der Waals surface area contributed by atoms with E-state index in [4.69, 9.17) is 11.6 Å². The van der Waals surface area contributed by atoms with Crippen molar-refractivity contribution in [3.63, 3.8) is 0 Å². The number of hydrogen-bond acceptors (Lipinski definition) is 3. The molecule has 1 aliphatic rings. The first-order chi connectivity index (χ1) is 14.5. The van der Waals surface area contributed by atoms with Crippen LogP contribution in [0.3, 0.4) is 0 Å². The first-order valence-corrected chi connectivity index (χ1v) is 10.5. The third-order valence-electron chi connectivity index (χ3n) is 5.38. The molecule has 1 aliphatic heterocycles. The molecule has 1 N–H and O–H groups in total. The van der Waals surface area contributed by atoms with Crippen molar-refractivity contribution < 1.29 is 9.18 Å². The van der Waals surface area contributed by atoms with Crippen LogP contribution in [0.2, 0.25) is 5.15 Å². The number of aryl methyl sites for hydroxylation is 1. The zero-order valence-electron chi connectivity index (χ0n) is 16.9. The van der Waals surface area contributed by atoms with Gasteiger partial charge in [0, 0.05) is 37.3 Å². The molecule has 30 heavy (non-hydrogen) atoms. The Morgan fingerprint density at radius 2 is 1.77 bits per heavy atom. The van der Waals surface area contributed by atoms with E-state index in [-0.39, 0.29) is 11.7 Å². The van der Waals surface area contributed by atoms with Gasteiger partial charge >= 0.3 is 0 Å². The maximum atomic E-state index is 13.1. The molecular weight excluding hydrogens is 403 g/mol. The molecule has 156 valence electrons. The van der Waals surface area contributed by atoms with Crippen molar-refractivity contribution in [2.24, 2.45) is 0 Å². The van der Waals surface area contributed by atoms with Crippen molar-refractivity contribution in [3.05, 3.63) is 81.9 Å². The van der Waals surface area contributed by atoms with Gasteiger partial charge in [0.05, 0.1) is 12.2 Å². The summed E-state index contributed by atoms with van der Waals surface area (Å²) < 4.78 is 14.8. The number of anilines is 1. The Balaban J connectivity index is 1.35. The average Bonchev–Trinajstić information content (AvgIpc) is 3.28. The highest BCUT2D eigenvalue weighted by Gasteiger charge is 2.21. The van der Waals surface area contributed by atoms with Crippen LogP contribution in [0.4, 0.5) is 10.1 Å². The van der Waals surface area contributed by atoms with Crippen molar-refractivity contribution in [1.29, 1.82) is 0 Å². The second-order valence-electron chi connectivity index (χ2n) is 7.56. The Hall–Kier alpha value is -2.70. The Morgan fingerprint density at radius 3 is 2.43 bits per heavy atom. The number of amides is 1. The van der Waals surface area contributed by atoms with Crippen molar-refractivity contribution >= 4 is 23.2 Å². The topological polar surface area (TPSA) is 50.2 Å². The maximum Gasteiger partial charge on any atom is 0.227 e. The van der Waals surface area contributed by atoms with Crippen LogP contribution in [0.25, 0.3) is 0 Å². The van der Waals surface area contributed by atoms with E-state index >= 15 is 0 Å². The van der Waals surface area contributed by atoms with E-state index in [1.54, 1.807) is 16.8 Å². The van der Waals surface area contributed by atoms with Gasteiger partial charge < -0.3 is 10.2 Å². The molecule has 0 spiro atoms. The first-order valence-electron chi connectivity index (χ1n) is 10.1. The van der Waals surface area contributed by atoms with E-state index in [0.29, 0.717) is 31.2 Å². The highest BCUT2D eigenvalue weighted by Crippen LogP contribution is 2.23. The Kier molecular flexibility index (Phi) is 6.16. The highest BCUT2D eigenvalue weighted by atomic mass is 35.5. The van der Waals surface area contributed by atoms with Gasteiger partial charge in [0.15, 0.2) is 0 Å². The molecule has 2 heterocycles. The van der Waals surface area contributed by atoms with Gasteiger partial charge in [-0.3, -0.25) is 4.79 Å². The quantitative estimate of drug-likeness (QED) is 0.607. The first kappa shape index (κ1) is 20.6. The van der Waals surface area contributed by atoms with Crippen LogP contribution in [0, 0.1) is 12.7 Å². The predicted octanol–water partition coefficient (Wildman–Crippen LogP) is 4.45. The van der Waals surface area contributed by atoms with Crippen LogP contribution >= 0.6 is 11.6 Å². The Bertz CT molecular complexity index is 1030. The molecule has 5 nitrogen and oxygen atoms in total. The molecule has 3 aromatic rings. The summed E-state index contributed by atoms with van der Waals surface area (Å²) in [7, 11) is 0. The summed E-state index contributed by atoms with van der Waals surface area (Å²) in [4.78, 5) is 13.7. The molecule has 1 aromatic heterocycles. The number of hydrogen-bond donors (Lipinski definition) is 1. The molecule has 1 fully saturated rings. The van der Waals surface area contributed by atoms with Crippen LogP contribution in [0.15, 0.2) is 48.5 Å². The summed E-state index contributed by atoms with van der Waals surface area (Å²) in [6, 6.07) is 14.4. The van der Waals surface area contributed by atoms with Gasteiger partial charge in [-0.15, -0.1) is 0 Å². The standard InChI is InChI=1S/C23H24ClFN4O/c1-16-21(23(24)29(27-16)15-18-4-8-19(25)9-5-18)14-26-13-17-6-10-20(11-7-17)28-12-2-3-22(28)30/h4-11,26H,2-3,12-15H2,1H3. The number of nitrogens with one attached hydrogen (secondary N) is 1. The normalized spacial score (nSPS) is 14.0. The number of rotatable bonds is 7. The molecule has 2 aromatic carbocycles. The van der Waals surface area contributed by atoms with Gasteiger partial charge in [-0.05, 0) is 48.7 Å².